The van der Waals surface area contributed by atoms with Crippen molar-refractivity contribution in [2.45, 2.75) is 71.6 Å². The molecular formula is C43H41NO2. The van der Waals surface area contributed by atoms with Gasteiger partial charge in [0.15, 0.2) is 11.6 Å². The van der Waals surface area contributed by atoms with Crippen molar-refractivity contribution >= 4 is 45.5 Å². The zero-order chi connectivity index (χ0) is 32.0. The van der Waals surface area contributed by atoms with Gasteiger partial charge in [0, 0.05) is 22.2 Å². The molecule has 7 rings (SSSR count). The van der Waals surface area contributed by atoms with E-state index in [0.717, 1.165) is 54.9 Å². The molecule has 0 aromatic heterocycles. The van der Waals surface area contributed by atoms with Crippen LogP contribution in [0.1, 0.15) is 102 Å². The minimum absolute atomic E-state index is 0.133. The number of carbonyl (C=O) groups excluding carboxylic acids is 2. The Labute approximate surface area is 272 Å². The molecule has 0 bridgehead atoms. The molecule has 0 atom stereocenters. The van der Waals surface area contributed by atoms with Crippen LogP contribution in [0.15, 0.2) is 103 Å². The van der Waals surface area contributed by atoms with Crippen LogP contribution < -0.4 is 4.90 Å². The van der Waals surface area contributed by atoms with Gasteiger partial charge < -0.3 is 4.90 Å². The van der Waals surface area contributed by atoms with E-state index in [2.05, 4.69) is 93.3 Å². The summed E-state index contributed by atoms with van der Waals surface area (Å²) in [5.41, 5.74) is 10.8. The third-order valence-electron chi connectivity index (χ3n) is 9.98. The Bertz CT molecular complexity index is 1940. The number of fused-ring (bicyclic) bond motifs is 4. The lowest BCUT2D eigenvalue weighted by atomic mass is 9.73. The molecule has 0 N–H and O–H groups in total. The standard InChI is InChI=1S/C43H41NO2/c1-5-7-15-30-27-40(44-38-21-13-11-19-36(38)43(3,4)37-20-12-14-22-39(37)44)31(16-8-6-2)23-32(30)26-35-41(45)33-24-28-17-9-10-18-29(28)25-34(33)42(35)46/h9-14,17-27H,5-8,15-16H2,1-4H3. The van der Waals surface area contributed by atoms with Crippen LogP contribution in [0.3, 0.4) is 0 Å². The Morgan fingerprint density at radius 3 is 1.65 bits per heavy atom. The molecule has 0 saturated heterocycles. The second-order valence-corrected chi connectivity index (χ2v) is 13.3. The van der Waals surface area contributed by atoms with Crippen molar-refractivity contribution in [3.05, 3.63) is 142 Å². The zero-order valence-corrected chi connectivity index (χ0v) is 27.3. The number of para-hydroxylation sites is 2. The minimum Gasteiger partial charge on any atom is -0.310 e. The zero-order valence-electron chi connectivity index (χ0n) is 27.3. The fraction of sp³-hybridized carbons (Fsp3) is 0.256. The number of rotatable bonds is 8. The Hall–Kier alpha value is -4.76. The monoisotopic (exact) mass is 603 g/mol. The molecule has 0 fully saturated rings. The maximum absolute atomic E-state index is 13.8. The lowest BCUT2D eigenvalue weighted by Crippen LogP contribution is -2.31. The van der Waals surface area contributed by atoms with Crippen LogP contribution in [0.25, 0.3) is 16.8 Å². The number of nitrogens with zero attached hydrogens (tertiary/aromatic N) is 1. The SMILES string of the molecule is CCCCc1cc(N2c3ccccc3C(C)(C)c3ccccc32)c(CCCC)cc1C=C1C(=O)c2cc3ccccc3cc2C1=O. The van der Waals surface area contributed by atoms with Gasteiger partial charge in [-0.2, -0.15) is 0 Å². The quantitative estimate of drug-likeness (QED) is 0.131. The van der Waals surface area contributed by atoms with Crippen LogP contribution in [0.5, 0.6) is 0 Å². The molecule has 1 aliphatic carbocycles. The molecule has 1 aliphatic heterocycles. The van der Waals surface area contributed by atoms with Gasteiger partial charge in [-0.05, 0) is 107 Å². The van der Waals surface area contributed by atoms with Crippen molar-refractivity contribution in [2.75, 3.05) is 4.90 Å². The number of allylic oxidation sites excluding steroid dienone is 1. The number of aryl methyl sites for hydroxylation is 2. The van der Waals surface area contributed by atoms with E-state index >= 15 is 0 Å². The number of carbonyl (C=O) groups is 2. The van der Waals surface area contributed by atoms with Crippen molar-refractivity contribution in [3.8, 4) is 0 Å². The van der Waals surface area contributed by atoms with E-state index in [1.165, 1.54) is 39.3 Å². The summed E-state index contributed by atoms with van der Waals surface area (Å²) in [4.78, 5) is 30.0. The number of unbranched alkanes of at least 4 members (excludes halogenated alkanes) is 2. The molecule has 0 radical (unpaired) electrons. The Morgan fingerprint density at radius 2 is 1.11 bits per heavy atom. The normalized spacial score (nSPS) is 14.8. The first-order valence-corrected chi connectivity index (χ1v) is 16.8. The number of hydrogen-bond acceptors (Lipinski definition) is 3. The molecule has 1 heterocycles. The maximum Gasteiger partial charge on any atom is 0.197 e. The fourth-order valence-electron chi connectivity index (χ4n) is 7.41. The Balaban J connectivity index is 1.42. The summed E-state index contributed by atoms with van der Waals surface area (Å²) >= 11 is 0. The number of hydrogen-bond donors (Lipinski definition) is 0. The Morgan fingerprint density at radius 1 is 0.609 bits per heavy atom. The van der Waals surface area contributed by atoms with E-state index < -0.39 is 0 Å². The first-order valence-electron chi connectivity index (χ1n) is 16.8. The molecule has 0 unspecified atom stereocenters. The van der Waals surface area contributed by atoms with E-state index in [0.29, 0.717) is 11.1 Å². The van der Waals surface area contributed by atoms with Crippen LogP contribution >= 0.6 is 0 Å². The number of anilines is 3. The predicted octanol–water partition coefficient (Wildman–Crippen LogP) is 11.1. The van der Waals surface area contributed by atoms with E-state index in [1.807, 2.05) is 42.5 Å². The Kier molecular flexibility index (Phi) is 7.72. The summed E-state index contributed by atoms with van der Waals surface area (Å²) in [5, 5.41) is 1.95. The average Bonchev–Trinajstić information content (AvgIpc) is 3.30. The third kappa shape index (κ3) is 4.90. The summed E-state index contributed by atoms with van der Waals surface area (Å²) in [7, 11) is 0. The van der Waals surface area contributed by atoms with Crippen molar-refractivity contribution in [1.82, 2.24) is 0 Å². The van der Waals surface area contributed by atoms with Crippen molar-refractivity contribution in [3.63, 3.8) is 0 Å². The molecule has 0 saturated carbocycles. The fourth-order valence-corrected chi connectivity index (χ4v) is 7.41. The molecule has 46 heavy (non-hydrogen) atoms. The maximum atomic E-state index is 13.8. The highest BCUT2D eigenvalue weighted by atomic mass is 16.2. The molecule has 3 heteroatoms. The molecule has 5 aromatic rings. The number of benzene rings is 5. The van der Waals surface area contributed by atoms with Gasteiger partial charge in [-0.15, -0.1) is 0 Å². The second-order valence-electron chi connectivity index (χ2n) is 13.3. The molecule has 0 spiro atoms. The van der Waals surface area contributed by atoms with E-state index in [-0.39, 0.29) is 22.6 Å². The highest BCUT2D eigenvalue weighted by molar-refractivity contribution is 6.42. The molecule has 5 aromatic carbocycles. The van der Waals surface area contributed by atoms with Gasteiger partial charge in [-0.3, -0.25) is 9.59 Å². The predicted molar refractivity (Wildman–Crippen MR) is 191 cm³/mol. The number of Topliss-reactive ketones (excluding diaryl/α,β-unsaturated/α-hetero) is 2. The van der Waals surface area contributed by atoms with Gasteiger partial charge in [0.25, 0.3) is 0 Å². The van der Waals surface area contributed by atoms with Gasteiger partial charge in [0.2, 0.25) is 0 Å². The van der Waals surface area contributed by atoms with Crippen LogP contribution in [0.4, 0.5) is 17.1 Å². The largest absolute Gasteiger partial charge is 0.310 e. The molecule has 0 amide bonds. The number of ketones is 2. The lowest BCUT2D eigenvalue weighted by molar-refractivity contribution is 0.0990. The smallest absolute Gasteiger partial charge is 0.197 e. The molecule has 230 valence electrons. The van der Waals surface area contributed by atoms with E-state index in [9.17, 15) is 9.59 Å². The van der Waals surface area contributed by atoms with Gasteiger partial charge >= 0.3 is 0 Å². The van der Waals surface area contributed by atoms with Gasteiger partial charge in [-0.1, -0.05) is 101 Å². The summed E-state index contributed by atoms with van der Waals surface area (Å²) in [5.74, 6) is -0.347. The summed E-state index contributed by atoms with van der Waals surface area (Å²) < 4.78 is 0. The van der Waals surface area contributed by atoms with Crippen LogP contribution in [0, 0.1) is 0 Å². The van der Waals surface area contributed by atoms with Gasteiger partial charge in [0.05, 0.1) is 16.9 Å². The molecule has 2 aliphatic rings. The lowest BCUT2D eigenvalue weighted by Gasteiger charge is -2.42. The van der Waals surface area contributed by atoms with Crippen molar-refractivity contribution in [2.24, 2.45) is 0 Å². The summed E-state index contributed by atoms with van der Waals surface area (Å²) in [6, 6.07) is 33.9. The first-order chi connectivity index (χ1) is 22.3. The first kappa shape index (κ1) is 29.9. The average molecular weight is 604 g/mol. The van der Waals surface area contributed by atoms with E-state index in [4.69, 9.17) is 0 Å². The summed E-state index contributed by atoms with van der Waals surface area (Å²) in [6.45, 7) is 9.07. The molecule has 3 nitrogen and oxygen atoms in total. The van der Waals surface area contributed by atoms with Crippen LogP contribution in [-0.2, 0) is 18.3 Å². The molecular weight excluding hydrogens is 562 g/mol. The van der Waals surface area contributed by atoms with Crippen LogP contribution in [-0.4, -0.2) is 11.6 Å². The van der Waals surface area contributed by atoms with Gasteiger partial charge in [0.1, 0.15) is 0 Å². The highest BCUT2D eigenvalue weighted by Gasteiger charge is 2.37. The van der Waals surface area contributed by atoms with Crippen LogP contribution in [0.2, 0.25) is 0 Å². The second kappa shape index (κ2) is 11.9. The minimum atomic E-state index is -0.174. The van der Waals surface area contributed by atoms with Gasteiger partial charge in [-0.25, -0.2) is 0 Å². The topological polar surface area (TPSA) is 37.4 Å². The third-order valence-corrected chi connectivity index (χ3v) is 9.98. The highest BCUT2D eigenvalue weighted by Crippen LogP contribution is 2.52. The summed E-state index contributed by atoms with van der Waals surface area (Å²) in [6.07, 6.45) is 7.89. The van der Waals surface area contributed by atoms with E-state index in [1.54, 1.807) is 0 Å². The van der Waals surface area contributed by atoms with Crippen molar-refractivity contribution < 1.29 is 9.59 Å². The van der Waals surface area contributed by atoms with Crippen molar-refractivity contribution in [1.29, 1.82) is 0 Å².